The maximum absolute atomic E-state index is 12.4. The van der Waals surface area contributed by atoms with Crippen LogP contribution in [0.1, 0.15) is 23.0 Å². The van der Waals surface area contributed by atoms with Crippen molar-refractivity contribution in [2.24, 2.45) is 0 Å². The number of halogens is 1. The van der Waals surface area contributed by atoms with E-state index in [0.29, 0.717) is 16.3 Å². The molecule has 3 rings (SSSR count). The van der Waals surface area contributed by atoms with E-state index in [4.69, 9.17) is 16.3 Å². The molecule has 0 radical (unpaired) electrons. The first-order chi connectivity index (χ1) is 13.1. The Morgan fingerprint density at radius 1 is 1.15 bits per heavy atom. The third-order valence-corrected chi connectivity index (χ3v) is 4.21. The van der Waals surface area contributed by atoms with Crippen LogP contribution in [0.5, 0.6) is 0 Å². The number of rotatable bonds is 6. The summed E-state index contributed by atoms with van der Waals surface area (Å²) >= 11 is 5.94. The molecule has 6 heteroatoms. The van der Waals surface area contributed by atoms with Gasteiger partial charge in [0.25, 0.3) is 0 Å². The number of nitrogens with zero attached hydrogens (tertiary/aromatic N) is 2. The highest BCUT2D eigenvalue weighted by atomic mass is 35.5. The first-order valence-electron chi connectivity index (χ1n) is 8.42. The molecular weight excluding hydrogens is 364 g/mol. The Hall–Kier alpha value is -3.14. The van der Waals surface area contributed by atoms with E-state index in [0.717, 1.165) is 11.1 Å². The predicted octanol–water partition coefficient (Wildman–Crippen LogP) is 4.30. The van der Waals surface area contributed by atoms with Crippen molar-refractivity contribution in [2.45, 2.75) is 13.5 Å². The molecule has 0 aliphatic heterocycles. The molecule has 0 saturated heterocycles. The first kappa shape index (κ1) is 18.6. The molecule has 2 aromatic carbocycles. The lowest BCUT2D eigenvalue weighted by Gasteiger charge is -2.08. The van der Waals surface area contributed by atoms with Crippen LogP contribution >= 0.6 is 11.6 Å². The van der Waals surface area contributed by atoms with Gasteiger partial charge in [0.15, 0.2) is 0 Å². The second-order valence-corrected chi connectivity index (χ2v) is 6.18. The lowest BCUT2D eigenvalue weighted by molar-refractivity contribution is 0.0513. The molecule has 0 amide bonds. The van der Waals surface area contributed by atoms with E-state index in [1.165, 1.54) is 4.68 Å². The zero-order chi connectivity index (χ0) is 19.2. The number of carbonyl (C=O) groups is 1. The van der Waals surface area contributed by atoms with Gasteiger partial charge in [0.1, 0.15) is 11.6 Å². The van der Waals surface area contributed by atoms with Crippen molar-refractivity contribution >= 4 is 29.1 Å². The minimum atomic E-state index is -0.497. The average Bonchev–Trinajstić information content (AvgIpc) is 3.11. The third-order valence-electron chi connectivity index (χ3n) is 3.96. The Kier molecular flexibility index (Phi) is 5.87. The highest BCUT2D eigenvalue weighted by Gasteiger charge is 2.19. The van der Waals surface area contributed by atoms with Crippen LogP contribution in [-0.2, 0) is 16.1 Å². The van der Waals surface area contributed by atoms with Crippen molar-refractivity contribution in [1.29, 1.82) is 0 Å². The van der Waals surface area contributed by atoms with Crippen LogP contribution in [0.3, 0.4) is 0 Å². The minimum Gasteiger partial charge on any atom is -0.461 e. The number of hydrogen-bond acceptors (Lipinski definition) is 4. The van der Waals surface area contributed by atoms with Gasteiger partial charge in [0.2, 0.25) is 0 Å². The van der Waals surface area contributed by atoms with Crippen LogP contribution < -0.4 is 0 Å². The molecular formula is C21H17ClN2O3. The molecule has 0 N–H and O–H groups in total. The van der Waals surface area contributed by atoms with Gasteiger partial charge in [0.05, 0.1) is 24.4 Å². The van der Waals surface area contributed by atoms with Gasteiger partial charge in [-0.05, 0) is 30.7 Å². The van der Waals surface area contributed by atoms with Crippen molar-refractivity contribution in [3.05, 3.63) is 76.9 Å². The van der Waals surface area contributed by atoms with Crippen molar-refractivity contribution < 1.29 is 14.3 Å². The average molecular weight is 381 g/mol. The Balaban J connectivity index is 2.00. The van der Waals surface area contributed by atoms with Gasteiger partial charge < -0.3 is 4.74 Å². The van der Waals surface area contributed by atoms with Gasteiger partial charge in [-0.2, -0.15) is 5.10 Å². The summed E-state index contributed by atoms with van der Waals surface area (Å²) in [5.74, 6) is 1.46. The zero-order valence-electron chi connectivity index (χ0n) is 14.7. The van der Waals surface area contributed by atoms with E-state index >= 15 is 0 Å². The second-order valence-electron chi connectivity index (χ2n) is 5.75. The summed E-state index contributed by atoms with van der Waals surface area (Å²) < 4.78 is 6.60. The number of esters is 1. The highest BCUT2D eigenvalue weighted by molar-refractivity contribution is 6.30. The summed E-state index contributed by atoms with van der Waals surface area (Å²) in [7, 11) is 0. The Morgan fingerprint density at radius 3 is 2.48 bits per heavy atom. The SMILES string of the molecule is CCOC(=O)c1cc(-c2ccc(Cl)cc2)nn1CC(=C=O)c1ccccc1. The molecule has 0 atom stereocenters. The number of carbonyl (C=O) groups excluding carboxylic acids is 2. The summed E-state index contributed by atoms with van der Waals surface area (Å²) in [6, 6.07) is 17.9. The highest BCUT2D eigenvalue weighted by Crippen LogP contribution is 2.23. The molecule has 27 heavy (non-hydrogen) atoms. The molecule has 5 nitrogen and oxygen atoms in total. The molecule has 0 unspecified atom stereocenters. The number of benzene rings is 2. The lowest BCUT2D eigenvalue weighted by atomic mass is 10.1. The third kappa shape index (κ3) is 4.34. The number of aromatic nitrogens is 2. The van der Waals surface area contributed by atoms with E-state index in [1.54, 1.807) is 25.1 Å². The fraction of sp³-hybridized carbons (Fsp3) is 0.143. The van der Waals surface area contributed by atoms with E-state index in [-0.39, 0.29) is 18.8 Å². The lowest BCUT2D eigenvalue weighted by Crippen LogP contribution is -2.14. The van der Waals surface area contributed by atoms with Crippen molar-refractivity contribution in [1.82, 2.24) is 9.78 Å². The van der Waals surface area contributed by atoms with E-state index in [9.17, 15) is 9.59 Å². The van der Waals surface area contributed by atoms with Crippen molar-refractivity contribution in [3.63, 3.8) is 0 Å². The predicted molar refractivity (Wildman–Crippen MR) is 104 cm³/mol. The van der Waals surface area contributed by atoms with E-state index in [1.807, 2.05) is 48.4 Å². The monoisotopic (exact) mass is 380 g/mol. The van der Waals surface area contributed by atoms with E-state index in [2.05, 4.69) is 5.10 Å². The molecule has 0 spiro atoms. The maximum Gasteiger partial charge on any atom is 0.356 e. The second kappa shape index (κ2) is 8.49. The summed E-state index contributed by atoms with van der Waals surface area (Å²) in [4.78, 5) is 23.9. The summed E-state index contributed by atoms with van der Waals surface area (Å²) in [5.41, 5.74) is 2.79. The minimum absolute atomic E-state index is 0.106. The zero-order valence-corrected chi connectivity index (χ0v) is 15.4. The van der Waals surface area contributed by atoms with Crippen LogP contribution in [0, 0.1) is 0 Å². The van der Waals surface area contributed by atoms with Crippen LogP contribution in [0.25, 0.3) is 16.8 Å². The van der Waals surface area contributed by atoms with Crippen LogP contribution in [-0.4, -0.2) is 28.3 Å². The van der Waals surface area contributed by atoms with Gasteiger partial charge in [-0.15, -0.1) is 0 Å². The molecule has 0 aliphatic rings. The smallest absolute Gasteiger partial charge is 0.356 e. The van der Waals surface area contributed by atoms with Crippen LogP contribution in [0.4, 0.5) is 0 Å². The Labute approximate surface area is 161 Å². The molecule has 1 heterocycles. The summed E-state index contributed by atoms with van der Waals surface area (Å²) in [6.45, 7) is 2.09. The van der Waals surface area contributed by atoms with Crippen LogP contribution in [0.15, 0.2) is 60.7 Å². The number of allylic oxidation sites excluding steroid dienone is 1. The van der Waals surface area contributed by atoms with Gasteiger partial charge in [-0.25, -0.2) is 9.59 Å². The molecule has 0 aliphatic carbocycles. The molecule has 1 aromatic heterocycles. The Morgan fingerprint density at radius 2 is 1.85 bits per heavy atom. The van der Waals surface area contributed by atoms with Gasteiger partial charge in [-0.1, -0.05) is 54.1 Å². The van der Waals surface area contributed by atoms with Crippen molar-refractivity contribution in [3.8, 4) is 11.3 Å². The maximum atomic E-state index is 12.4. The molecule has 0 fully saturated rings. The van der Waals surface area contributed by atoms with Gasteiger partial charge in [-0.3, -0.25) is 4.68 Å². The standard InChI is InChI=1S/C21H17ClN2O3/c1-2-27-21(26)20-12-19(16-8-10-18(22)11-9-16)23-24(20)13-17(14-25)15-6-4-3-5-7-15/h3-12H,2,13H2,1H3. The molecule has 0 saturated carbocycles. The summed E-state index contributed by atoms with van der Waals surface area (Å²) in [5, 5.41) is 5.11. The van der Waals surface area contributed by atoms with Crippen LogP contribution in [0.2, 0.25) is 5.02 Å². The first-order valence-corrected chi connectivity index (χ1v) is 8.80. The van der Waals surface area contributed by atoms with Gasteiger partial charge in [0, 0.05) is 10.6 Å². The molecule has 0 bridgehead atoms. The number of hydrogen-bond donors (Lipinski definition) is 0. The fourth-order valence-corrected chi connectivity index (χ4v) is 2.77. The largest absolute Gasteiger partial charge is 0.461 e. The topological polar surface area (TPSA) is 61.2 Å². The molecule has 136 valence electrons. The quantitative estimate of drug-likeness (QED) is 0.472. The van der Waals surface area contributed by atoms with E-state index < -0.39 is 5.97 Å². The summed E-state index contributed by atoms with van der Waals surface area (Å²) in [6.07, 6.45) is 0. The van der Waals surface area contributed by atoms with Gasteiger partial charge >= 0.3 is 5.97 Å². The van der Waals surface area contributed by atoms with Crippen molar-refractivity contribution in [2.75, 3.05) is 6.61 Å². The fourth-order valence-electron chi connectivity index (χ4n) is 2.64. The molecule has 3 aromatic rings. The normalized spacial score (nSPS) is 10.3. The Bertz CT molecular complexity index is 988. The number of ether oxygens (including phenoxy) is 1.